The van der Waals surface area contributed by atoms with E-state index in [1.54, 1.807) is 6.20 Å². The third kappa shape index (κ3) is 2.88. The highest BCUT2D eigenvalue weighted by Gasteiger charge is 1.98. The van der Waals surface area contributed by atoms with E-state index in [0.717, 1.165) is 18.7 Å². The molecule has 0 amide bonds. The number of rotatable bonds is 5. The number of hydrogen-bond donors (Lipinski definition) is 2. The zero-order valence-electron chi connectivity index (χ0n) is 7.38. The molecule has 1 heterocycles. The summed E-state index contributed by atoms with van der Waals surface area (Å²) >= 11 is 0. The van der Waals surface area contributed by atoms with Crippen molar-refractivity contribution in [3.63, 3.8) is 0 Å². The highest BCUT2D eigenvalue weighted by molar-refractivity contribution is 4.96. The summed E-state index contributed by atoms with van der Waals surface area (Å²) in [6, 6.07) is 2.44. The molecule has 0 aliphatic carbocycles. The summed E-state index contributed by atoms with van der Waals surface area (Å²) < 4.78 is 0. The van der Waals surface area contributed by atoms with Crippen LogP contribution in [0.5, 0.6) is 0 Å². The second-order valence-corrected chi connectivity index (χ2v) is 2.89. The van der Waals surface area contributed by atoms with Crippen molar-refractivity contribution in [2.45, 2.75) is 25.9 Å². The standard InChI is InChI=1S/C9H15N3/c1-3-4-8(2)10-7-9-5-6-11-12-9/h3,5-6,8,10H,1,4,7H2,2H3,(H,11,12). The SMILES string of the molecule is C=CCC(C)NCc1ccn[nH]1. The fourth-order valence-electron chi connectivity index (χ4n) is 1.00. The summed E-state index contributed by atoms with van der Waals surface area (Å²) in [5.41, 5.74) is 1.12. The molecule has 0 aliphatic heterocycles. The normalized spacial score (nSPS) is 12.8. The van der Waals surface area contributed by atoms with Gasteiger partial charge in [-0.15, -0.1) is 6.58 Å². The monoisotopic (exact) mass is 165 g/mol. The van der Waals surface area contributed by atoms with Crippen molar-refractivity contribution < 1.29 is 0 Å². The van der Waals surface area contributed by atoms with Crippen LogP contribution in [-0.4, -0.2) is 16.2 Å². The first-order chi connectivity index (χ1) is 5.83. The van der Waals surface area contributed by atoms with Crippen LogP contribution in [0.4, 0.5) is 0 Å². The summed E-state index contributed by atoms with van der Waals surface area (Å²) in [4.78, 5) is 0. The lowest BCUT2D eigenvalue weighted by molar-refractivity contribution is 0.547. The molecule has 0 saturated carbocycles. The van der Waals surface area contributed by atoms with Gasteiger partial charge in [0.05, 0.1) is 0 Å². The lowest BCUT2D eigenvalue weighted by Gasteiger charge is -2.09. The van der Waals surface area contributed by atoms with Gasteiger partial charge in [-0.25, -0.2) is 0 Å². The lowest BCUT2D eigenvalue weighted by atomic mass is 10.2. The van der Waals surface area contributed by atoms with Crippen molar-refractivity contribution >= 4 is 0 Å². The average molecular weight is 165 g/mol. The van der Waals surface area contributed by atoms with Crippen LogP contribution in [0, 0.1) is 0 Å². The lowest BCUT2D eigenvalue weighted by Crippen LogP contribution is -2.24. The zero-order chi connectivity index (χ0) is 8.81. The first-order valence-corrected chi connectivity index (χ1v) is 4.15. The maximum Gasteiger partial charge on any atom is 0.0490 e. The van der Waals surface area contributed by atoms with Crippen molar-refractivity contribution in [3.05, 3.63) is 30.6 Å². The molecule has 12 heavy (non-hydrogen) atoms. The van der Waals surface area contributed by atoms with Crippen molar-refractivity contribution in [1.29, 1.82) is 0 Å². The molecule has 1 aromatic heterocycles. The molecule has 0 saturated heterocycles. The van der Waals surface area contributed by atoms with E-state index in [1.807, 2.05) is 12.1 Å². The van der Waals surface area contributed by atoms with E-state index in [2.05, 4.69) is 29.0 Å². The molecular formula is C9H15N3. The van der Waals surface area contributed by atoms with Gasteiger partial charge in [0.2, 0.25) is 0 Å². The maximum absolute atomic E-state index is 3.86. The second kappa shape index (κ2) is 4.72. The van der Waals surface area contributed by atoms with Gasteiger partial charge in [-0.1, -0.05) is 6.08 Å². The van der Waals surface area contributed by atoms with Crippen LogP contribution in [0.25, 0.3) is 0 Å². The molecule has 66 valence electrons. The van der Waals surface area contributed by atoms with Crippen LogP contribution in [0.2, 0.25) is 0 Å². The van der Waals surface area contributed by atoms with E-state index in [1.165, 1.54) is 0 Å². The Morgan fingerprint density at radius 2 is 2.67 bits per heavy atom. The van der Waals surface area contributed by atoms with Crippen LogP contribution in [0.3, 0.4) is 0 Å². The van der Waals surface area contributed by atoms with Crippen molar-refractivity contribution in [2.24, 2.45) is 0 Å². The van der Waals surface area contributed by atoms with Gasteiger partial charge in [0.1, 0.15) is 0 Å². The quantitative estimate of drug-likeness (QED) is 0.648. The van der Waals surface area contributed by atoms with Crippen LogP contribution in [-0.2, 0) is 6.54 Å². The molecule has 1 aromatic rings. The largest absolute Gasteiger partial charge is 0.308 e. The van der Waals surface area contributed by atoms with Gasteiger partial charge in [-0.05, 0) is 19.4 Å². The minimum Gasteiger partial charge on any atom is -0.308 e. The van der Waals surface area contributed by atoms with Gasteiger partial charge >= 0.3 is 0 Å². The van der Waals surface area contributed by atoms with E-state index >= 15 is 0 Å². The van der Waals surface area contributed by atoms with Crippen LogP contribution < -0.4 is 5.32 Å². The van der Waals surface area contributed by atoms with Crippen LogP contribution in [0.15, 0.2) is 24.9 Å². The number of nitrogens with one attached hydrogen (secondary N) is 2. The topological polar surface area (TPSA) is 40.7 Å². The predicted octanol–water partition coefficient (Wildman–Crippen LogP) is 1.46. The second-order valence-electron chi connectivity index (χ2n) is 2.89. The zero-order valence-corrected chi connectivity index (χ0v) is 7.38. The predicted molar refractivity (Wildman–Crippen MR) is 49.7 cm³/mol. The van der Waals surface area contributed by atoms with Gasteiger partial charge in [0.15, 0.2) is 0 Å². The van der Waals surface area contributed by atoms with Crippen molar-refractivity contribution in [1.82, 2.24) is 15.5 Å². The Kier molecular flexibility index (Phi) is 3.54. The Balaban J connectivity index is 2.21. The maximum atomic E-state index is 3.86. The Morgan fingerprint density at radius 1 is 1.83 bits per heavy atom. The number of aromatic amines is 1. The Morgan fingerprint density at radius 3 is 3.25 bits per heavy atom. The number of aromatic nitrogens is 2. The minimum atomic E-state index is 0.478. The summed E-state index contributed by atoms with van der Waals surface area (Å²) in [6.45, 7) is 6.66. The highest BCUT2D eigenvalue weighted by Crippen LogP contribution is 1.95. The Hall–Kier alpha value is -1.09. The molecule has 3 nitrogen and oxygen atoms in total. The van der Waals surface area contributed by atoms with E-state index in [9.17, 15) is 0 Å². The van der Waals surface area contributed by atoms with Crippen molar-refractivity contribution in [2.75, 3.05) is 0 Å². The number of H-pyrrole nitrogens is 1. The van der Waals surface area contributed by atoms with Gasteiger partial charge in [-0.3, -0.25) is 5.10 Å². The van der Waals surface area contributed by atoms with Crippen molar-refractivity contribution in [3.8, 4) is 0 Å². The number of nitrogens with zero attached hydrogens (tertiary/aromatic N) is 1. The third-order valence-electron chi connectivity index (χ3n) is 1.72. The number of hydrogen-bond acceptors (Lipinski definition) is 2. The molecule has 0 fully saturated rings. The van der Waals surface area contributed by atoms with Gasteiger partial charge < -0.3 is 5.32 Å². The molecule has 0 aliphatic rings. The molecule has 1 unspecified atom stereocenters. The molecule has 1 atom stereocenters. The molecule has 0 spiro atoms. The fraction of sp³-hybridized carbons (Fsp3) is 0.444. The van der Waals surface area contributed by atoms with Gasteiger partial charge in [0.25, 0.3) is 0 Å². The molecule has 1 rings (SSSR count). The minimum absolute atomic E-state index is 0.478. The molecule has 0 radical (unpaired) electrons. The first kappa shape index (κ1) is 9.00. The van der Waals surface area contributed by atoms with E-state index in [0.29, 0.717) is 6.04 Å². The van der Waals surface area contributed by atoms with Crippen LogP contribution >= 0.6 is 0 Å². The smallest absolute Gasteiger partial charge is 0.0490 e. The highest BCUT2D eigenvalue weighted by atomic mass is 15.1. The Labute approximate surface area is 72.9 Å². The molecule has 3 heteroatoms. The van der Waals surface area contributed by atoms with E-state index < -0.39 is 0 Å². The average Bonchev–Trinajstić information content (AvgIpc) is 2.53. The molecule has 2 N–H and O–H groups in total. The summed E-state index contributed by atoms with van der Waals surface area (Å²) in [6.07, 6.45) is 4.67. The first-order valence-electron chi connectivity index (χ1n) is 4.15. The summed E-state index contributed by atoms with van der Waals surface area (Å²) in [5, 5.41) is 10.1. The van der Waals surface area contributed by atoms with E-state index in [4.69, 9.17) is 0 Å². The van der Waals surface area contributed by atoms with E-state index in [-0.39, 0.29) is 0 Å². The molecular weight excluding hydrogens is 150 g/mol. The summed E-state index contributed by atoms with van der Waals surface area (Å²) in [5.74, 6) is 0. The third-order valence-corrected chi connectivity index (χ3v) is 1.72. The fourth-order valence-corrected chi connectivity index (χ4v) is 1.00. The molecule has 0 aromatic carbocycles. The summed E-state index contributed by atoms with van der Waals surface area (Å²) in [7, 11) is 0. The van der Waals surface area contributed by atoms with Gasteiger partial charge in [-0.2, -0.15) is 5.10 Å². The Bertz CT molecular complexity index is 216. The molecule has 0 bridgehead atoms. The van der Waals surface area contributed by atoms with Gasteiger partial charge in [0, 0.05) is 24.5 Å². The van der Waals surface area contributed by atoms with Crippen LogP contribution in [0.1, 0.15) is 19.0 Å².